The molecule has 0 aromatic heterocycles. The van der Waals surface area contributed by atoms with Gasteiger partial charge in [0, 0.05) is 6.04 Å². The molecule has 1 aromatic carbocycles. The minimum Gasteiger partial charge on any atom is -0.314 e. The van der Waals surface area contributed by atoms with Gasteiger partial charge in [-0.15, -0.1) is 0 Å². The first-order valence-electron chi connectivity index (χ1n) is 7.02. The Balaban J connectivity index is 2.22. The fourth-order valence-electron chi connectivity index (χ4n) is 3.26. The van der Waals surface area contributed by atoms with E-state index in [1.807, 2.05) is 0 Å². The average Bonchev–Trinajstić information content (AvgIpc) is 2.29. The van der Waals surface area contributed by atoms with Crippen molar-refractivity contribution in [3.8, 4) is 0 Å². The van der Waals surface area contributed by atoms with Crippen molar-refractivity contribution in [2.45, 2.75) is 58.4 Å². The molecule has 1 heteroatoms. The van der Waals surface area contributed by atoms with Gasteiger partial charge in [0.1, 0.15) is 0 Å². The summed E-state index contributed by atoms with van der Waals surface area (Å²) in [6.45, 7) is 7.72. The molecule has 1 aromatic rings. The summed E-state index contributed by atoms with van der Waals surface area (Å²) in [5, 5.41) is 3.67. The number of hydrogen-bond acceptors (Lipinski definition) is 1. The molecule has 2 unspecified atom stereocenters. The van der Waals surface area contributed by atoms with Crippen molar-refractivity contribution < 1.29 is 0 Å². The van der Waals surface area contributed by atoms with Crippen molar-refractivity contribution in [2.24, 2.45) is 0 Å². The minimum absolute atomic E-state index is 0.690. The molecule has 17 heavy (non-hydrogen) atoms. The average molecular weight is 231 g/mol. The van der Waals surface area contributed by atoms with Crippen LogP contribution in [-0.2, 0) is 0 Å². The third-order valence-electron chi connectivity index (χ3n) is 3.90. The minimum atomic E-state index is 0.690. The Morgan fingerprint density at radius 3 is 2.35 bits per heavy atom. The Bertz CT molecular complexity index is 348. The lowest BCUT2D eigenvalue weighted by Gasteiger charge is -2.33. The summed E-state index contributed by atoms with van der Waals surface area (Å²) in [5.41, 5.74) is 4.36. The maximum atomic E-state index is 3.67. The smallest absolute Gasteiger partial charge is 0.0136 e. The summed E-state index contributed by atoms with van der Waals surface area (Å²) in [5.74, 6) is 0.724. The van der Waals surface area contributed by atoms with E-state index < -0.39 is 0 Å². The van der Waals surface area contributed by atoms with Gasteiger partial charge in [0.25, 0.3) is 0 Å². The Morgan fingerprint density at radius 2 is 1.71 bits per heavy atom. The van der Waals surface area contributed by atoms with Crippen LogP contribution in [0.4, 0.5) is 0 Å². The molecule has 1 aliphatic carbocycles. The number of nitrogens with one attached hydrogen (secondary N) is 1. The van der Waals surface area contributed by atoms with E-state index in [2.05, 4.69) is 44.3 Å². The molecule has 0 heterocycles. The van der Waals surface area contributed by atoms with Crippen molar-refractivity contribution in [3.05, 3.63) is 34.9 Å². The van der Waals surface area contributed by atoms with Crippen LogP contribution in [0.5, 0.6) is 0 Å². The SMILES string of the molecule is CCNC1CCCCC1c1cc(C)cc(C)c1. The number of likely N-dealkylation sites (N-methyl/N-ethyl adjacent to an activating group) is 1. The monoisotopic (exact) mass is 231 g/mol. The Kier molecular flexibility index (Phi) is 4.22. The maximum Gasteiger partial charge on any atom is 0.0136 e. The van der Waals surface area contributed by atoms with Crippen LogP contribution >= 0.6 is 0 Å². The highest BCUT2D eigenvalue weighted by molar-refractivity contribution is 5.32. The van der Waals surface area contributed by atoms with E-state index in [1.165, 1.54) is 36.8 Å². The fourth-order valence-corrected chi connectivity index (χ4v) is 3.26. The molecular weight excluding hydrogens is 206 g/mol. The van der Waals surface area contributed by atoms with Crippen molar-refractivity contribution in [1.82, 2.24) is 5.32 Å². The summed E-state index contributed by atoms with van der Waals surface area (Å²) in [6.07, 6.45) is 5.46. The molecule has 1 saturated carbocycles. The molecule has 0 spiro atoms. The van der Waals surface area contributed by atoms with Crippen LogP contribution in [0.2, 0.25) is 0 Å². The molecule has 0 aliphatic heterocycles. The zero-order valence-electron chi connectivity index (χ0n) is 11.4. The zero-order chi connectivity index (χ0) is 12.3. The van der Waals surface area contributed by atoms with Gasteiger partial charge in [-0.2, -0.15) is 0 Å². The standard InChI is InChI=1S/C16H25N/c1-4-17-16-8-6-5-7-15(16)14-10-12(2)9-13(3)11-14/h9-11,15-17H,4-8H2,1-3H3. The second-order valence-corrected chi connectivity index (χ2v) is 5.48. The largest absolute Gasteiger partial charge is 0.314 e. The summed E-state index contributed by atoms with van der Waals surface area (Å²) < 4.78 is 0. The highest BCUT2D eigenvalue weighted by Crippen LogP contribution is 2.33. The van der Waals surface area contributed by atoms with E-state index in [-0.39, 0.29) is 0 Å². The number of benzene rings is 1. The van der Waals surface area contributed by atoms with E-state index in [0.29, 0.717) is 6.04 Å². The molecule has 0 amide bonds. The van der Waals surface area contributed by atoms with Crippen molar-refractivity contribution in [2.75, 3.05) is 6.54 Å². The van der Waals surface area contributed by atoms with Gasteiger partial charge in [-0.05, 0) is 44.7 Å². The van der Waals surface area contributed by atoms with Crippen LogP contribution in [0.1, 0.15) is 55.2 Å². The van der Waals surface area contributed by atoms with Gasteiger partial charge < -0.3 is 5.32 Å². The normalized spacial score (nSPS) is 24.9. The maximum absolute atomic E-state index is 3.67. The van der Waals surface area contributed by atoms with Crippen molar-refractivity contribution in [3.63, 3.8) is 0 Å². The second kappa shape index (κ2) is 5.68. The topological polar surface area (TPSA) is 12.0 Å². The van der Waals surface area contributed by atoms with E-state index in [4.69, 9.17) is 0 Å². The van der Waals surface area contributed by atoms with Crippen LogP contribution in [0.3, 0.4) is 0 Å². The van der Waals surface area contributed by atoms with E-state index in [9.17, 15) is 0 Å². The predicted molar refractivity (Wildman–Crippen MR) is 74.6 cm³/mol. The Morgan fingerprint density at radius 1 is 1.06 bits per heavy atom. The molecule has 2 atom stereocenters. The Hall–Kier alpha value is -0.820. The molecule has 2 rings (SSSR count). The highest BCUT2D eigenvalue weighted by Gasteiger charge is 2.25. The second-order valence-electron chi connectivity index (χ2n) is 5.48. The lowest BCUT2D eigenvalue weighted by atomic mass is 9.79. The fraction of sp³-hybridized carbons (Fsp3) is 0.625. The first-order valence-corrected chi connectivity index (χ1v) is 7.02. The van der Waals surface area contributed by atoms with Crippen LogP contribution in [0.15, 0.2) is 18.2 Å². The quantitative estimate of drug-likeness (QED) is 0.831. The van der Waals surface area contributed by atoms with Crippen molar-refractivity contribution in [1.29, 1.82) is 0 Å². The Labute approximate surface area is 106 Å². The van der Waals surface area contributed by atoms with Crippen molar-refractivity contribution >= 4 is 0 Å². The molecule has 0 bridgehead atoms. The summed E-state index contributed by atoms with van der Waals surface area (Å²) in [7, 11) is 0. The van der Waals surface area contributed by atoms with Crippen LogP contribution in [-0.4, -0.2) is 12.6 Å². The number of hydrogen-bond donors (Lipinski definition) is 1. The molecule has 1 N–H and O–H groups in total. The number of aryl methyl sites for hydroxylation is 2. The molecular formula is C16H25N. The van der Waals surface area contributed by atoms with Crippen LogP contribution in [0, 0.1) is 13.8 Å². The number of rotatable bonds is 3. The van der Waals surface area contributed by atoms with E-state index in [0.717, 1.165) is 12.5 Å². The summed E-state index contributed by atoms with van der Waals surface area (Å²) in [4.78, 5) is 0. The van der Waals surface area contributed by atoms with E-state index in [1.54, 1.807) is 5.56 Å². The lowest BCUT2D eigenvalue weighted by Crippen LogP contribution is -2.37. The molecule has 1 nitrogen and oxygen atoms in total. The summed E-state index contributed by atoms with van der Waals surface area (Å²) >= 11 is 0. The third-order valence-corrected chi connectivity index (χ3v) is 3.90. The third kappa shape index (κ3) is 3.10. The summed E-state index contributed by atoms with van der Waals surface area (Å²) in [6, 6.07) is 7.73. The highest BCUT2D eigenvalue weighted by atomic mass is 14.9. The molecule has 0 radical (unpaired) electrons. The van der Waals surface area contributed by atoms with Gasteiger partial charge in [0.15, 0.2) is 0 Å². The zero-order valence-corrected chi connectivity index (χ0v) is 11.4. The molecule has 0 saturated heterocycles. The molecule has 94 valence electrons. The van der Waals surface area contributed by atoms with Gasteiger partial charge in [-0.25, -0.2) is 0 Å². The molecule has 1 fully saturated rings. The molecule has 1 aliphatic rings. The van der Waals surface area contributed by atoms with E-state index >= 15 is 0 Å². The predicted octanol–water partition coefficient (Wildman–Crippen LogP) is 3.94. The van der Waals surface area contributed by atoms with Crippen LogP contribution < -0.4 is 5.32 Å². The first kappa shape index (κ1) is 12.6. The lowest BCUT2D eigenvalue weighted by molar-refractivity contribution is 0.332. The van der Waals surface area contributed by atoms with Crippen LogP contribution in [0.25, 0.3) is 0 Å². The van der Waals surface area contributed by atoms with Gasteiger partial charge in [-0.1, -0.05) is 49.1 Å². The van der Waals surface area contributed by atoms with Gasteiger partial charge in [-0.3, -0.25) is 0 Å². The van der Waals surface area contributed by atoms with Gasteiger partial charge in [0.2, 0.25) is 0 Å². The van der Waals surface area contributed by atoms with Gasteiger partial charge >= 0.3 is 0 Å². The first-order chi connectivity index (χ1) is 8.20. The van der Waals surface area contributed by atoms with Gasteiger partial charge in [0.05, 0.1) is 0 Å².